The lowest BCUT2D eigenvalue weighted by molar-refractivity contribution is 0.866. The first-order valence-corrected chi connectivity index (χ1v) is 3.29. The van der Waals surface area contributed by atoms with Gasteiger partial charge in [-0.05, 0) is 5.92 Å². The SMILES string of the molecule is CC(C)C#Cc1cnc[nH]1. The molecule has 52 valence electrons. The maximum Gasteiger partial charge on any atom is 0.109 e. The molecule has 1 aromatic heterocycles. The Morgan fingerprint density at radius 2 is 2.40 bits per heavy atom. The molecule has 0 aliphatic heterocycles. The Morgan fingerprint density at radius 3 is 2.90 bits per heavy atom. The van der Waals surface area contributed by atoms with Gasteiger partial charge in [-0.1, -0.05) is 19.8 Å². The molecule has 1 aromatic rings. The molecule has 0 spiro atoms. The van der Waals surface area contributed by atoms with Crippen molar-refractivity contribution in [3.05, 3.63) is 18.2 Å². The molecule has 2 heteroatoms. The lowest BCUT2D eigenvalue weighted by Crippen LogP contribution is -1.78. The van der Waals surface area contributed by atoms with Crippen LogP contribution < -0.4 is 0 Å². The smallest absolute Gasteiger partial charge is 0.109 e. The topological polar surface area (TPSA) is 28.7 Å². The molecule has 2 nitrogen and oxygen atoms in total. The molecule has 0 aliphatic carbocycles. The van der Waals surface area contributed by atoms with Gasteiger partial charge in [0.2, 0.25) is 0 Å². The van der Waals surface area contributed by atoms with E-state index in [-0.39, 0.29) is 0 Å². The summed E-state index contributed by atoms with van der Waals surface area (Å²) in [5.41, 5.74) is 0.883. The summed E-state index contributed by atoms with van der Waals surface area (Å²) >= 11 is 0. The van der Waals surface area contributed by atoms with Gasteiger partial charge in [-0.15, -0.1) is 0 Å². The standard InChI is InChI=1S/C8H10N2/c1-7(2)3-4-8-5-9-6-10-8/h5-7H,1-2H3,(H,9,10). The van der Waals surface area contributed by atoms with Gasteiger partial charge in [-0.2, -0.15) is 0 Å². The monoisotopic (exact) mass is 134 g/mol. The molecule has 0 bridgehead atoms. The fourth-order valence-electron chi connectivity index (χ4n) is 0.546. The molecule has 0 aliphatic rings. The predicted molar refractivity (Wildman–Crippen MR) is 40.3 cm³/mol. The summed E-state index contributed by atoms with van der Waals surface area (Å²) in [5, 5.41) is 0. The minimum Gasteiger partial charge on any atom is -0.338 e. The second kappa shape index (κ2) is 3.07. The van der Waals surface area contributed by atoms with Gasteiger partial charge in [0.25, 0.3) is 0 Å². The van der Waals surface area contributed by atoms with Crippen molar-refractivity contribution in [1.29, 1.82) is 0 Å². The molecule has 0 amide bonds. The van der Waals surface area contributed by atoms with E-state index >= 15 is 0 Å². The molecular weight excluding hydrogens is 124 g/mol. The summed E-state index contributed by atoms with van der Waals surface area (Å²) in [5.74, 6) is 6.40. The van der Waals surface area contributed by atoms with Gasteiger partial charge in [0.05, 0.1) is 12.5 Å². The predicted octanol–water partition coefficient (Wildman–Crippen LogP) is 1.42. The first kappa shape index (κ1) is 6.88. The third kappa shape index (κ3) is 1.94. The Morgan fingerprint density at radius 1 is 1.60 bits per heavy atom. The number of aromatic amines is 1. The fraction of sp³-hybridized carbons (Fsp3) is 0.375. The molecular formula is C8H10N2. The molecule has 0 fully saturated rings. The molecule has 10 heavy (non-hydrogen) atoms. The second-order valence-electron chi connectivity index (χ2n) is 2.39. The maximum atomic E-state index is 3.84. The number of rotatable bonds is 0. The lowest BCUT2D eigenvalue weighted by atomic mass is 10.2. The van der Waals surface area contributed by atoms with Gasteiger partial charge in [0, 0.05) is 5.92 Å². The van der Waals surface area contributed by atoms with Gasteiger partial charge in [0.1, 0.15) is 5.69 Å². The molecule has 0 saturated carbocycles. The molecule has 0 unspecified atom stereocenters. The Balaban J connectivity index is 2.66. The van der Waals surface area contributed by atoms with E-state index in [2.05, 4.69) is 35.7 Å². The Kier molecular flexibility index (Phi) is 2.11. The van der Waals surface area contributed by atoms with Crippen molar-refractivity contribution >= 4 is 0 Å². The van der Waals surface area contributed by atoms with Gasteiger partial charge >= 0.3 is 0 Å². The average molecular weight is 134 g/mol. The molecule has 0 saturated heterocycles. The first-order valence-electron chi connectivity index (χ1n) is 3.29. The Bertz CT molecular complexity index is 236. The van der Waals surface area contributed by atoms with Gasteiger partial charge in [-0.3, -0.25) is 0 Å². The van der Waals surface area contributed by atoms with Gasteiger partial charge in [0.15, 0.2) is 0 Å². The number of nitrogens with one attached hydrogen (secondary N) is 1. The quantitative estimate of drug-likeness (QED) is 0.534. The largest absolute Gasteiger partial charge is 0.338 e. The molecule has 0 radical (unpaired) electrons. The highest BCUT2D eigenvalue weighted by molar-refractivity contribution is 5.24. The Labute approximate surface area is 60.7 Å². The highest BCUT2D eigenvalue weighted by atomic mass is 14.8. The fourth-order valence-corrected chi connectivity index (χ4v) is 0.546. The van der Waals surface area contributed by atoms with Crippen molar-refractivity contribution in [2.24, 2.45) is 5.92 Å². The third-order valence-electron chi connectivity index (χ3n) is 0.994. The number of aromatic nitrogens is 2. The van der Waals surface area contributed by atoms with E-state index in [0.717, 1.165) is 5.69 Å². The molecule has 1 rings (SSSR count). The van der Waals surface area contributed by atoms with E-state index in [1.165, 1.54) is 0 Å². The minimum absolute atomic E-state index is 0.420. The number of hydrogen-bond donors (Lipinski definition) is 1. The number of imidazole rings is 1. The van der Waals surface area contributed by atoms with Crippen molar-refractivity contribution in [1.82, 2.24) is 9.97 Å². The average Bonchev–Trinajstić information content (AvgIpc) is 2.34. The van der Waals surface area contributed by atoms with Crippen LogP contribution in [0.3, 0.4) is 0 Å². The van der Waals surface area contributed by atoms with E-state index in [0.29, 0.717) is 5.92 Å². The summed E-state index contributed by atoms with van der Waals surface area (Å²) in [6.07, 6.45) is 3.35. The summed E-state index contributed by atoms with van der Waals surface area (Å²) in [4.78, 5) is 6.75. The van der Waals surface area contributed by atoms with E-state index in [9.17, 15) is 0 Å². The van der Waals surface area contributed by atoms with E-state index in [1.54, 1.807) is 12.5 Å². The van der Waals surface area contributed by atoms with Crippen LogP contribution in [0, 0.1) is 17.8 Å². The van der Waals surface area contributed by atoms with Crippen molar-refractivity contribution in [3.8, 4) is 11.8 Å². The molecule has 0 aromatic carbocycles. The highest BCUT2D eigenvalue weighted by Gasteiger charge is 1.84. The molecule has 0 atom stereocenters. The van der Waals surface area contributed by atoms with Crippen LogP contribution in [0.25, 0.3) is 0 Å². The van der Waals surface area contributed by atoms with Crippen molar-refractivity contribution in [2.75, 3.05) is 0 Å². The lowest BCUT2D eigenvalue weighted by Gasteiger charge is -1.84. The van der Waals surface area contributed by atoms with Gasteiger partial charge in [-0.25, -0.2) is 4.98 Å². The molecule has 1 heterocycles. The van der Waals surface area contributed by atoms with Crippen LogP contribution in [0.4, 0.5) is 0 Å². The zero-order valence-corrected chi connectivity index (χ0v) is 6.18. The molecule has 1 N–H and O–H groups in total. The van der Waals surface area contributed by atoms with Crippen LogP contribution in [-0.4, -0.2) is 9.97 Å². The second-order valence-corrected chi connectivity index (χ2v) is 2.39. The highest BCUT2D eigenvalue weighted by Crippen LogP contribution is 1.90. The number of nitrogens with zero attached hydrogens (tertiary/aromatic N) is 1. The zero-order chi connectivity index (χ0) is 7.40. The minimum atomic E-state index is 0.420. The number of H-pyrrole nitrogens is 1. The Hall–Kier alpha value is -1.23. The van der Waals surface area contributed by atoms with E-state index in [4.69, 9.17) is 0 Å². The maximum absolute atomic E-state index is 3.84. The number of hydrogen-bond acceptors (Lipinski definition) is 1. The van der Waals surface area contributed by atoms with Crippen LogP contribution in [0.1, 0.15) is 19.5 Å². The van der Waals surface area contributed by atoms with E-state index < -0.39 is 0 Å². The summed E-state index contributed by atoms with van der Waals surface area (Å²) in [6.45, 7) is 4.12. The van der Waals surface area contributed by atoms with Crippen LogP contribution in [0.5, 0.6) is 0 Å². The third-order valence-corrected chi connectivity index (χ3v) is 0.994. The van der Waals surface area contributed by atoms with Crippen molar-refractivity contribution in [3.63, 3.8) is 0 Å². The van der Waals surface area contributed by atoms with Crippen LogP contribution >= 0.6 is 0 Å². The van der Waals surface area contributed by atoms with Crippen LogP contribution in [0.2, 0.25) is 0 Å². The van der Waals surface area contributed by atoms with Gasteiger partial charge < -0.3 is 4.98 Å². The van der Waals surface area contributed by atoms with Crippen LogP contribution in [0.15, 0.2) is 12.5 Å². The van der Waals surface area contributed by atoms with Crippen molar-refractivity contribution in [2.45, 2.75) is 13.8 Å². The summed E-state index contributed by atoms with van der Waals surface area (Å²) < 4.78 is 0. The van der Waals surface area contributed by atoms with E-state index in [1.807, 2.05) is 0 Å². The zero-order valence-electron chi connectivity index (χ0n) is 6.18. The van der Waals surface area contributed by atoms with Crippen LogP contribution in [-0.2, 0) is 0 Å². The summed E-state index contributed by atoms with van der Waals surface area (Å²) in [6, 6.07) is 0. The van der Waals surface area contributed by atoms with Crippen molar-refractivity contribution < 1.29 is 0 Å². The summed E-state index contributed by atoms with van der Waals surface area (Å²) in [7, 11) is 0. The normalized spacial score (nSPS) is 9.10. The first-order chi connectivity index (χ1) is 4.79.